The molecule has 4 heavy (non-hydrogen) atoms. The summed E-state index contributed by atoms with van der Waals surface area (Å²) in [6.07, 6.45) is 0. The van der Waals surface area contributed by atoms with E-state index in [-0.39, 0.29) is 34.1 Å². The second kappa shape index (κ2) is 37.7. The molecule has 0 aliphatic carbocycles. The van der Waals surface area contributed by atoms with Gasteiger partial charge in [0.2, 0.25) is 0 Å². The van der Waals surface area contributed by atoms with Gasteiger partial charge in [0, 0.05) is 34.1 Å². The Morgan fingerprint density at radius 3 is 1.00 bits per heavy atom. The largest absolute Gasteiger partial charge is 0.255 e. The molecule has 4 heteroatoms. The van der Waals surface area contributed by atoms with E-state index in [0.717, 1.165) is 0 Å². The maximum Gasteiger partial charge on any atom is 0 e. The molecule has 0 aromatic carbocycles. The van der Waals surface area contributed by atoms with Gasteiger partial charge in [0.05, 0.1) is 0 Å². The average molecular weight is 153 g/mol. The summed E-state index contributed by atoms with van der Waals surface area (Å²) < 4.78 is 0. The Labute approximate surface area is 45.1 Å². The molecule has 0 saturated carbocycles. The maximum atomic E-state index is 6.00. The predicted octanol–water partition coefficient (Wildman–Crippen LogP) is 0.0124. The molecule has 0 aliphatic rings. The van der Waals surface area contributed by atoms with E-state index in [2.05, 4.69) is 0 Å². The normalized spacial score (nSPS) is 1.50. The molecule has 0 spiro atoms. The van der Waals surface area contributed by atoms with Crippen molar-refractivity contribution in [2.24, 2.45) is 0 Å². The summed E-state index contributed by atoms with van der Waals surface area (Å²) in [6.45, 7) is 0. The van der Waals surface area contributed by atoms with E-state index in [4.69, 9.17) is 10.5 Å². The van der Waals surface area contributed by atoms with Gasteiger partial charge in [-0.05, 0) is 0 Å². The fraction of sp³-hybridized carbons (Fsp3) is 0. The summed E-state index contributed by atoms with van der Waals surface area (Å²) in [5.74, 6) is 0. The van der Waals surface area contributed by atoms with Gasteiger partial charge in [0.25, 0.3) is 0 Å². The third-order valence-corrected chi connectivity index (χ3v) is 0. The molecule has 0 rings (SSSR count). The summed E-state index contributed by atoms with van der Waals surface area (Å²) in [5.41, 5.74) is 0. The first-order valence-electron chi connectivity index (χ1n) is 0.200. The molecule has 0 aromatic rings. The summed E-state index contributed by atoms with van der Waals surface area (Å²) >= 11 is 0. The minimum Gasteiger partial charge on any atom is -0.255 e. The predicted molar refractivity (Wildman–Crippen MR) is 5.26 cm³/mol. The maximum absolute atomic E-state index is 6.00. The van der Waals surface area contributed by atoms with Crippen molar-refractivity contribution < 1.29 is 44.7 Å². The van der Waals surface area contributed by atoms with E-state index in [1.165, 1.54) is 0 Å². The molecule has 0 atom stereocenters. The van der Waals surface area contributed by atoms with Crippen LogP contribution in [0.25, 0.3) is 0 Å². The van der Waals surface area contributed by atoms with Crippen LogP contribution in [0.15, 0.2) is 0 Å². The molecule has 0 unspecified atom stereocenters. The van der Waals surface area contributed by atoms with Crippen molar-refractivity contribution in [1.29, 1.82) is 0 Å². The Balaban J connectivity index is -0.00000000500. The topological polar surface area (TPSA) is 40.5 Å². The van der Waals surface area contributed by atoms with Gasteiger partial charge in [-0.2, -0.15) is 0 Å². The zero-order valence-corrected chi connectivity index (χ0v) is 3.60. The molecule has 0 fully saturated rings. The first-order chi connectivity index (χ1) is 1.00. The van der Waals surface area contributed by atoms with Crippen molar-refractivity contribution in [1.82, 2.24) is 0 Å². The average Bonchev–Trinajstić information content (AvgIpc) is 1.00. The van der Waals surface area contributed by atoms with E-state index in [9.17, 15) is 0 Å². The Kier molecular flexibility index (Phi) is 191. The summed E-state index contributed by atoms with van der Waals surface area (Å²) in [6, 6.07) is 0. The van der Waals surface area contributed by atoms with E-state index in [0.29, 0.717) is 0 Å². The van der Waals surface area contributed by atoms with Crippen LogP contribution in [0.1, 0.15) is 0 Å². The van der Waals surface area contributed by atoms with Crippen molar-refractivity contribution in [3.05, 3.63) is 0 Å². The van der Waals surface area contributed by atoms with E-state index < -0.39 is 0 Å². The Bertz CT molecular complexity index is 6.00. The van der Waals surface area contributed by atoms with Gasteiger partial charge >= 0.3 is 0 Å². The summed E-state index contributed by atoms with van der Waals surface area (Å²) in [4.78, 5) is 0. The van der Waals surface area contributed by atoms with Gasteiger partial charge in [-0.1, -0.05) is 0 Å². The smallest absolute Gasteiger partial charge is 0 e. The van der Waals surface area contributed by atoms with Crippen LogP contribution in [0.3, 0.4) is 0 Å². The van der Waals surface area contributed by atoms with Gasteiger partial charge in [0.1, 0.15) is 0 Å². The molecular formula is H2CuFeO2. The molecule has 2 N–H and O–H groups in total. The molecule has 0 aliphatic heterocycles. The first kappa shape index (κ1) is 20.3. The van der Waals surface area contributed by atoms with Crippen LogP contribution in [0.4, 0.5) is 0 Å². The third-order valence-electron chi connectivity index (χ3n) is 0. The van der Waals surface area contributed by atoms with Crippen LogP contribution in [-0.2, 0) is 34.1 Å². The zero-order chi connectivity index (χ0) is 2.00. The molecule has 0 heterocycles. The van der Waals surface area contributed by atoms with Crippen molar-refractivity contribution in [2.45, 2.75) is 0 Å². The Morgan fingerprint density at radius 1 is 1.00 bits per heavy atom. The second-order valence-corrected chi connectivity index (χ2v) is 0. The fourth-order valence-corrected chi connectivity index (χ4v) is 0. The van der Waals surface area contributed by atoms with Crippen LogP contribution in [-0.4, -0.2) is 10.5 Å². The van der Waals surface area contributed by atoms with Gasteiger partial charge < -0.3 is 0 Å². The second-order valence-electron chi connectivity index (χ2n) is 0. The van der Waals surface area contributed by atoms with Crippen LogP contribution < -0.4 is 0 Å². The molecule has 0 amide bonds. The van der Waals surface area contributed by atoms with Crippen LogP contribution in [0, 0.1) is 0 Å². The number of rotatable bonds is 0. The third kappa shape index (κ3) is 12.3. The summed E-state index contributed by atoms with van der Waals surface area (Å²) in [5, 5.41) is 12.0. The van der Waals surface area contributed by atoms with Gasteiger partial charge in [0.15, 0.2) is 0 Å². The standard InChI is InChI=1S/Cu.Fe.H2O2/c;;1-2/h;;1-2H. The molecule has 1 radical (unpaired) electrons. The van der Waals surface area contributed by atoms with Crippen LogP contribution in [0.2, 0.25) is 0 Å². The van der Waals surface area contributed by atoms with Gasteiger partial charge in [-0.25, -0.2) is 0 Å². The first-order valence-corrected chi connectivity index (χ1v) is 0.200. The molecule has 2 nitrogen and oxygen atoms in total. The SMILES string of the molecule is OO.[Cu].[Fe]. The Morgan fingerprint density at radius 2 is 1.00 bits per heavy atom. The van der Waals surface area contributed by atoms with Crippen molar-refractivity contribution >= 4 is 0 Å². The van der Waals surface area contributed by atoms with E-state index >= 15 is 0 Å². The molecule has 0 saturated heterocycles. The molecule has 0 bridgehead atoms. The van der Waals surface area contributed by atoms with Crippen molar-refractivity contribution in [3.63, 3.8) is 0 Å². The molecular weight excluding hydrogens is 151 g/mol. The van der Waals surface area contributed by atoms with E-state index in [1.54, 1.807) is 0 Å². The van der Waals surface area contributed by atoms with Crippen molar-refractivity contribution in [3.8, 4) is 0 Å². The van der Waals surface area contributed by atoms with Gasteiger partial charge in [-0.15, -0.1) is 0 Å². The number of hydrogen-bond acceptors (Lipinski definition) is 2. The minimum atomic E-state index is 0. The number of hydrogen-bond donors (Lipinski definition) is 2. The van der Waals surface area contributed by atoms with Crippen molar-refractivity contribution in [2.75, 3.05) is 0 Å². The van der Waals surface area contributed by atoms with Crippen LogP contribution >= 0.6 is 0 Å². The molecule has 33 valence electrons. The Hall–Kier alpha value is 0.959. The quantitative estimate of drug-likeness (QED) is 0.292. The molecule has 0 aromatic heterocycles. The monoisotopic (exact) mass is 153 g/mol. The van der Waals surface area contributed by atoms with Crippen LogP contribution in [0.5, 0.6) is 0 Å². The minimum absolute atomic E-state index is 0. The fourth-order valence-electron chi connectivity index (χ4n) is 0. The van der Waals surface area contributed by atoms with E-state index in [1.807, 2.05) is 0 Å². The summed E-state index contributed by atoms with van der Waals surface area (Å²) in [7, 11) is 0. The van der Waals surface area contributed by atoms with Gasteiger partial charge in [-0.3, -0.25) is 10.5 Å². The zero-order valence-electron chi connectivity index (χ0n) is 1.55.